The van der Waals surface area contributed by atoms with Crippen LogP contribution >= 0.6 is 0 Å². The van der Waals surface area contributed by atoms with Crippen LogP contribution in [0.3, 0.4) is 0 Å². The first-order valence-corrected chi connectivity index (χ1v) is 10.0. The molecule has 1 aromatic carbocycles. The highest BCUT2D eigenvalue weighted by Gasteiger charge is 2.38. The second-order valence-electron chi connectivity index (χ2n) is 5.12. The van der Waals surface area contributed by atoms with Crippen molar-refractivity contribution in [2.75, 3.05) is 33.6 Å². The summed E-state index contributed by atoms with van der Waals surface area (Å²) in [5.74, 6) is 0.585. The Labute approximate surface area is 130 Å². The molecule has 1 fully saturated rings. The summed E-state index contributed by atoms with van der Waals surface area (Å²) in [6, 6.07) is 4.49. The molecule has 7 nitrogen and oxygen atoms in total. The maximum atomic E-state index is 12.8. The number of sulfone groups is 1. The minimum absolute atomic E-state index is 0.0245. The molecule has 0 N–H and O–H groups in total. The van der Waals surface area contributed by atoms with Crippen molar-refractivity contribution >= 4 is 19.9 Å². The summed E-state index contributed by atoms with van der Waals surface area (Å²) in [6.45, 7) is 0.127. The average Bonchev–Trinajstić information content (AvgIpc) is 2.97. The van der Waals surface area contributed by atoms with E-state index >= 15 is 0 Å². The molecule has 2 rings (SSSR count). The summed E-state index contributed by atoms with van der Waals surface area (Å²) in [5.41, 5.74) is 0. The third kappa shape index (κ3) is 3.21. The first-order chi connectivity index (χ1) is 10.2. The number of benzene rings is 1. The van der Waals surface area contributed by atoms with E-state index in [9.17, 15) is 16.8 Å². The molecule has 0 spiro atoms. The maximum Gasteiger partial charge on any atom is 0.246 e. The SMILES string of the molecule is COc1ccc(OC)c(S(=O)(=O)N2CC[C@H](S(C)(=O)=O)C2)c1. The highest BCUT2D eigenvalue weighted by atomic mass is 32.2. The van der Waals surface area contributed by atoms with Gasteiger partial charge < -0.3 is 9.47 Å². The Morgan fingerprint density at radius 3 is 2.32 bits per heavy atom. The monoisotopic (exact) mass is 349 g/mol. The second-order valence-corrected chi connectivity index (χ2v) is 9.35. The minimum Gasteiger partial charge on any atom is -0.497 e. The largest absolute Gasteiger partial charge is 0.497 e. The van der Waals surface area contributed by atoms with Crippen molar-refractivity contribution in [3.63, 3.8) is 0 Å². The predicted molar refractivity (Wildman–Crippen MR) is 81.6 cm³/mol. The number of hydrogen-bond donors (Lipinski definition) is 0. The van der Waals surface area contributed by atoms with E-state index in [1.54, 1.807) is 6.07 Å². The van der Waals surface area contributed by atoms with Gasteiger partial charge in [0.15, 0.2) is 9.84 Å². The van der Waals surface area contributed by atoms with Gasteiger partial charge in [-0.25, -0.2) is 16.8 Å². The van der Waals surface area contributed by atoms with Crippen molar-refractivity contribution in [3.8, 4) is 11.5 Å². The summed E-state index contributed by atoms with van der Waals surface area (Å²) in [4.78, 5) is -0.0245. The molecule has 0 saturated carbocycles. The number of hydrogen-bond acceptors (Lipinski definition) is 6. The van der Waals surface area contributed by atoms with Crippen molar-refractivity contribution < 1.29 is 26.3 Å². The molecule has 1 atom stereocenters. The van der Waals surface area contributed by atoms with Crippen LogP contribution in [0.4, 0.5) is 0 Å². The van der Waals surface area contributed by atoms with E-state index in [0.29, 0.717) is 12.2 Å². The summed E-state index contributed by atoms with van der Waals surface area (Å²) >= 11 is 0. The Balaban J connectivity index is 2.40. The van der Waals surface area contributed by atoms with Crippen LogP contribution in [0.2, 0.25) is 0 Å². The Bertz CT molecular complexity index is 757. The molecular weight excluding hydrogens is 330 g/mol. The van der Waals surface area contributed by atoms with E-state index in [1.807, 2.05) is 0 Å². The van der Waals surface area contributed by atoms with Crippen LogP contribution in [0, 0.1) is 0 Å². The van der Waals surface area contributed by atoms with Gasteiger partial charge in [0.2, 0.25) is 10.0 Å². The molecule has 1 heterocycles. The molecule has 0 unspecified atom stereocenters. The van der Waals surface area contributed by atoms with Gasteiger partial charge in [0.1, 0.15) is 16.4 Å². The molecule has 22 heavy (non-hydrogen) atoms. The van der Waals surface area contributed by atoms with E-state index in [1.165, 1.54) is 30.7 Å². The van der Waals surface area contributed by atoms with Gasteiger partial charge in [0.25, 0.3) is 0 Å². The standard InChI is InChI=1S/C13H19NO6S2/c1-19-10-4-5-12(20-2)13(8-10)22(17,18)14-7-6-11(9-14)21(3,15)16/h4-5,8,11H,6-7,9H2,1-3H3/t11-/m0/s1. The smallest absolute Gasteiger partial charge is 0.246 e. The van der Waals surface area contributed by atoms with Gasteiger partial charge in [-0.15, -0.1) is 0 Å². The summed E-state index contributed by atoms with van der Waals surface area (Å²) in [7, 11) is -4.29. The van der Waals surface area contributed by atoms with Gasteiger partial charge in [0.05, 0.1) is 19.5 Å². The van der Waals surface area contributed by atoms with Gasteiger partial charge in [-0.2, -0.15) is 4.31 Å². The third-order valence-electron chi connectivity index (χ3n) is 3.70. The Morgan fingerprint density at radius 1 is 1.14 bits per heavy atom. The predicted octanol–water partition coefficient (Wildman–Crippen LogP) is 0.511. The van der Waals surface area contributed by atoms with Crippen LogP contribution in [0.15, 0.2) is 23.1 Å². The molecule has 0 bridgehead atoms. The number of rotatable bonds is 5. The van der Waals surface area contributed by atoms with Crippen LogP contribution in [0.1, 0.15) is 6.42 Å². The zero-order valence-corrected chi connectivity index (χ0v) is 14.3. The summed E-state index contributed by atoms with van der Waals surface area (Å²) in [5, 5.41) is -0.668. The fraction of sp³-hybridized carbons (Fsp3) is 0.538. The van der Waals surface area contributed by atoms with Crippen LogP contribution in [0.25, 0.3) is 0 Å². The molecular formula is C13H19NO6S2. The number of ether oxygens (including phenoxy) is 2. The lowest BCUT2D eigenvalue weighted by molar-refractivity contribution is 0.388. The molecule has 0 aromatic heterocycles. The quantitative estimate of drug-likeness (QED) is 0.769. The fourth-order valence-corrected chi connectivity index (χ4v) is 5.14. The second kappa shape index (κ2) is 6.05. The summed E-state index contributed by atoms with van der Waals surface area (Å²) < 4.78 is 60.0. The van der Waals surface area contributed by atoms with Gasteiger partial charge in [-0.1, -0.05) is 0 Å². The Kier molecular flexibility index (Phi) is 4.69. The zero-order chi connectivity index (χ0) is 16.5. The highest BCUT2D eigenvalue weighted by Crippen LogP contribution is 2.32. The van der Waals surface area contributed by atoms with Crippen molar-refractivity contribution in [1.82, 2.24) is 4.31 Å². The van der Waals surface area contributed by atoms with E-state index in [4.69, 9.17) is 9.47 Å². The van der Waals surface area contributed by atoms with Crippen LogP contribution < -0.4 is 9.47 Å². The van der Waals surface area contributed by atoms with Crippen LogP contribution in [0.5, 0.6) is 11.5 Å². The molecule has 9 heteroatoms. The molecule has 0 radical (unpaired) electrons. The number of nitrogens with zero attached hydrogens (tertiary/aromatic N) is 1. The molecule has 1 aliphatic rings. The molecule has 0 aliphatic carbocycles. The minimum atomic E-state index is -3.84. The molecule has 1 aromatic rings. The first-order valence-electron chi connectivity index (χ1n) is 6.61. The molecule has 124 valence electrons. The lowest BCUT2D eigenvalue weighted by Gasteiger charge is -2.18. The number of sulfonamides is 1. The normalized spacial score (nSPS) is 20.0. The van der Waals surface area contributed by atoms with E-state index in [0.717, 1.165) is 6.26 Å². The molecule has 1 saturated heterocycles. The van der Waals surface area contributed by atoms with Crippen molar-refractivity contribution in [2.24, 2.45) is 0 Å². The van der Waals surface area contributed by atoms with Crippen LogP contribution in [-0.2, 0) is 19.9 Å². The average molecular weight is 349 g/mol. The van der Waals surface area contributed by atoms with Crippen molar-refractivity contribution in [2.45, 2.75) is 16.6 Å². The Morgan fingerprint density at radius 2 is 1.82 bits per heavy atom. The topological polar surface area (TPSA) is 90.0 Å². The summed E-state index contributed by atoms with van der Waals surface area (Å²) in [6.07, 6.45) is 1.42. The zero-order valence-electron chi connectivity index (χ0n) is 12.6. The van der Waals surface area contributed by atoms with Gasteiger partial charge in [0, 0.05) is 25.4 Å². The van der Waals surface area contributed by atoms with Crippen molar-refractivity contribution in [3.05, 3.63) is 18.2 Å². The van der Waals surface area contributed by atoms with Gasteiger partial charge >= 0.3 is 0 Å². The van der Waals surface area contributed by atoms with E-state index < -0.39 is 25.1 Å². The highest BCUT2D eigenvalue weighted by molar-refractivity contribution is 7.91. The van der Waals surface area contributed by atoms with Crippen molar-refractivity contribution in [1.29, 1.82) is 0 Å². The maximum absolute atomic E-state index is 12.8. The third-order valence-corrected chi connectivity index (χ3v) is 7.18. The van der Waals surface area contributed by atoms with E-state index in [2.05, 4.69) is 0 Å². The van der Waals surface area contributed by atoms with Crippen LogP contribution in [-0.4, -0.2) is 60.0 Å². The van der Waals surface area contributed by atoms with E-state index in [-0.39, 0.29) is 23.7 Å². The first kappa shape index (κ1) is 17.0. The fourth-order valence-electron chi connectivity index (χ4n) is 2.39. The molecule has 1 aliphatic heterocycles. The lowest BCUT2D eigenvalue weighted by atomic mass is 10.3. The number of methoxy groups -OCH3 is 2. The van der Waals surface area contributed by atoms with Gasteiger partial charge in [-0.05, 0) is 18.6 Å². The molecule has 0 amide bonds. The Hall–Kier alpha value is -1.32. The lowest BCUT2D eigenvalue weighted by Crippen LogP contribution is -2.31. The van der Waals surface area contributed by atoms with Gasteiger partial charge in [-0.3, -0.25) is 0 Å².